The molecule has 0 aromatic carbocycles. The quantitative estimate of drug-likeness (QED) is 0.136. The SMILES string of the molecule is C.C.C.C.C.C.C.C.CCC1(CC(C)(CC(C)(CC2(C)CC(C)(C)OC2=O)C(=O)OC)C(=O)OC2(CC)C3CC4CC(C3)CC2C4)OC(C)(C23CC4CC(CC(C4)C2)C3)OC1=O.O=C1OCC2C3CCC(C3)C12. The molecule has 13 fully saturated rings. The molecule has 3 aliphatic heterocycles. The maximum absolute atomic E-state index is 15.5. The van der Waals surface area contributed by atoms with E-state index in [-0.39, 0.29) is 102 Å². The molecule has 426 valence electrons. The molecule has 73 heavy (non-hydrogen) atoms. The van der Waals surface area contributed by atoms with Gasteiger partial charge in [0.25, 0.3) is 0 Å². The van der Waals surface area contributed by atoms with Gasteiger partial charge in [0.1, 0.15) is 11.2 Å². The highest BCUT2D eigenvalue weighted by Crippen LogP contribution is 2.68. The van der Waals surface area contributed by atoms with E-state index in [1.807, 2.05) is 41.5 Å². The van der Waals surface area contributed by atoms with Gasteiger partial charge in [0, 0.05) is 31.1 Å². The van der Waals surface area contributed by atoms with Crippen molar-refractivity contribution in [1.29, 1.82) is 0 Å². The number of ether oxygens (including phenoxy) is 6. The lowest BCUT2D eigenvalue weighted by molar-refractivity contribution is -0.288. The van der Waals surface area contributed by atoms with Gasteiger partial charge in [0.15, 0.2) is 5.60 Å². The third-order valence-electron chi connectivity index (χ3n) is 20.8. The van der Waals surface area contributed by atoms with Gasteiger partial charge in [0.05, 0.1) is 35.9 Å². The number of rotatable bonds is 12. The first-order chi connectivity index (χ1) is 30.5. The summed E-state index contributed by atoms with van der Waals surface area (Å²) < 4.78 is 37.1. The Kier molecular flexibility index (Phi) is 20.3. The Morgan fingerprint density at radius 1 is 0.630 bits per heavy atom. The lowest BCUT2D eigenvalue weighted by atomic mass is 9.47. The summed E-state index contributed by atoms with van der Waals surface area (Å²) in [5, 5.41) is 0. The first kappa shape index (κ1) is 66.4. The summed E-state index contributed by atoms with van der Waals surface area (Å²) in [6, 6.07) is 0. The van der Waals surface area contributed by atoms with Crippen molar-refractivity contribution in [3.05, 3.63) is 0 Å². The van der Waals surface area contributed by atoms with Crippen LogP contribution in [0.3, 0.4) is 0 Å². The fourth-order valence-electron chi connectivity index (χ4n) is 19.0. The second-order valence-electron chi connectivity index (χ2n) is 26.2. The van der Waals surface area contributed by atoms with Crippen LogP contribution in [0, 0.1) is 86.8 Å². The van der Waals surface area contributed by atoms with E-state index in [1.54, 1.807) is 6.92 Å². The van der Waals surface area contributed by atoms with Crippen molar-refractivity contribution in [3.63, 3.8) is 0 Å². The van der Waals surface area contributed by atoms with Crippen LogP contribution in [0.15, 0.2) is 0 Å². The molecule has 0 radical (unpaired) electrons. The largest absolute Gasteiger partial charge is 0.469 e. The molecule has 11 nitrogen and oxygen atoms in total. The third-order valence-corrected chi connectivity index (χ3v) is 20.8. The van der Waals surface area contributed by atoms with Gasteiger partial charge in [-0.3, -0.25) is 19.2 Å². The molecule has 9 unspecified atom stereocenters. The van der Waals surface area contributed by atoms with E-state index in [1.165, 1.54) is 52.1 Å². The van der Waals surface area contributed by atoms with Gasteiger partial charge < -0.3 is 28.4 Å². The first-order valence-corrected chi connectivity index (χ1v) is 26.2. The molecule has 10 bridgehead atoms. The van der Waals surface area contributed by atoms with Crippen LogP contribution in [0.5, 0.6) is 0 Å². The number of fused-ring (bicyclic) bond motifs is 5. The summed E-state index contributed by atoms with van der Waals surface area (Å²) >= 11 is 0. The van der Waals surface area contributed by atoms with Crippen LogP contribution in [0.2, 0.25) is 0 Å². The normalized spacial score (nSPS) is 43.1. The van der Waals surface area contributed by atoms with Crippen LogP contribution in [0.1, 0.15) is 243 Å². The van der Waals surface area contributed by atoms with Crippen molar-refractivity contribution in [2.75, 3.05) is 13.7 Å². The number of carbonyl (C=O) groups excluding carboxylic acids is 5. The van der Waals surface area contributed by atoms with Crippen LogP contribution in [0.25, 0.3) is 0 Å². The Labute approximate surface area is 446 Å². The maximum atomic E-state index is 15.5. The highest BCUT2D eigenvalue weighted by Gasteiger charge is 2.70. The molecular formula is C62H112O11. The standard InChI is InChI=1S/C45H68O9.C9H12O2.8CH4/c1-10-44(37(49)52-42(8,54-44)43-20-29-13-30(21-43)15-31(14-29)22-43)26-41(7,25-40(6,34(46)50-9)24-39(5)23-38(3,4)51-35(39)47)36(48)53-45(11-2)32-16-27-12-28(18-32)19-33(45)17-27;10-9-8-6-2-1-5(3-6)7(8)4-11-9;;;;;;;;/h27-33H,10-26H2,1-9H3;5-8H,1-4H2;8*1H4. The lowest BCUT2D eigenvalue weighted by Gasteiger charge is -2.61. The molecule has 10 aliphatic carbocycles. The molecule has 0 aromatic rings. The Bertz CT molecular complexity index is 1910. The van der Waals surface area contributed by atoms with E-state index in [9.17, 15) is 19.2 Å². The molecule has 10 saturated carbocycles. The predicted octanol–water partition coefficient (Wildman–Crippen LogP) is 15.2. The predicted molar refractivity (Wildman–Crippen MR) is 293 cm³/mol. The first-order valence-electron chi connectivity index (χ1n) is 26.2. The summed E-state index contributed by atoms with van der Waals surface area (Å²) in [4.78, 5) is 68.9. The van der Waals surface area contributed by atoms with Gasteiger partial charge in [0.2, 0.25) is 5.79 Å². The smallest absolute Gasteiger partial charge is 0.341 e. The molecule has 13 aliphatic rings. The average Bonchev–Trinajstić information content (AvgIpc) is 4.03. The fraction of sp³-hybridized carbons (Fsp3) is 0.919. The molecular weight excluding hydrogens is 921 g/mol. The maximum Gasteiger partial charge on any atom is 0.341 e. The number of hydrogen-bond donors (Lipinski definition) is 0. The highest BCUT2D eigenvalue weighted by atomic mass is 16.8. The van der Waals surface area contributed by atoms with Crippen LogP contribution >= 0.6 is 0 Å². The lowest BCUT2D eigenvalue weighted by Crippen LogP contribution is -2.61. The van der Waals surface area contributed by atoms with Gasteiger partial charge in [-0.15, -0.1) is 0 Å². The zero-order valence-electron chi connectivity index (χ0n) is 41.2. The van der Waals surface area contributed by atoms with Crippen LogP contribution in [-0.2, 0) is 52.4 Å². The minimum absolute atomic E-state index is 0. The van der Waals surface area contributed by atoms with Crippen LogP contribution < -0.4 is 0 Å². The third kappa shape index (κ3) is 10.6. The Morgan fingerprint density at radius 3 is 1.60 bits per heavy atom. The van der Waals surface area contributed by atoms with Crippen molar-refractivity contribution in [2.24, 2.45) is 86.8 Å². The van der Waals surface area contributed by atoms with Crippen molar-refractivity contribution in [1.82, 2.24) is 0 Å². The molecule has 11 heteroatoms. The molecule has 0 amide bonds. The Balaban J connectivity index is 0.000000844. The Hall–Kier alpha value is -2.69. The Morgan fingerprint density at radius 2 is 1.14 bits per heavy atom. The summed E-state index contributed by atoms with van der Waals surface area (Å²) in [6.45, 7) is 16.1. The van der Waals surface area contributed by atoms with Crippen molar-refractivity contribution >= 4 is 29.8 Å². The van der Waals surface area contributed by atoms with E-state index < -0.39 is 50.8 Å². The second kappa shape index (κ2) is 22.3. The molecule has 0 aromatic heterocycles. The molecule has 3 heterocycles. The number of esters is 5. The van der Waals surface area contributed by atoms with E-state index >= 15 is 4.79 Å². The number of cyclic esters (lactones) is 3. The van der Waals surface area contributed by atoms with E-state index in [2.05, 4.69) is 6.92 Å². The van der Waals surface area contributed by atoms with Gasteiger partial charge in [-0.25, -0.2) is 4.79 Å². The summed E-state index contributed by atoms with van der Waals surface area (Å²) in [5.41, 5.74) is -6.56. The van der Waals surface area contributed by atoms with Gasteiger partial charge in [-0.05, 0) is 203 Å². The molecule has 13 rings (SSSR count). The van der Waals surface area contributed by atoms with Gasteiger partial charge in [-0.2, -0.15) is 0 Å². The van der Waals surface area contributed by atoms with E-state index in [4.69, 9.17) is 28.4 Å². The molecule has 3 saturated heterocycles. The molecule has 0 spiro atoms. The summed E-state index contributed by atoms with van der Waals surface area (Å²) in [6.07, 6.45) is 17.9. The van der Waals surface area contributed by atoms with Gasteiger partial charge in [-0.1, -0.05) is 73.3 Å². The fourth-order valence-corrected chi connectivity index (χ4v) is 19.0. The minimum Gasteiger partial charge on any atom is -0.469 e. The van der Waals surface area contributed by atoms with Crippen molar-refractivity contribution < 1.29 is 52.4 Å². The van der Waals surface area contributed by atoms with Crippen molar-refractivity contribution in [2.45, 2.75) is 266 Å². The van der Waals surface area contributed by atoms with Gasteiger partial charge >= 0.3 is 29.8 Å². The van der Waals surface area contributed by atoms with E-state index in [0.29, 0.717) is 72.0 Å². The minimum atomic E-state index is -1.41. The average molecular weight is 1030 g/mol. The zero-order chi connectivity index (χ0) is 46.3. The molecule has 9 atom stereocenters. The number of hydrogen-bond acceptors (Lipinski definition) is 11. The van der Waals surface area contributed by atoms with Crippen LogP contribution in [-0.4, -0.2) is 66.2 Å². The highest BCUT2D eigenvalue weighted by molar-refractivity contribution is 5.86. The monoisotopic (exact) mass is 1030 g/mol. The zero-order valence-corrected chi connectivity index (χ0v) is 41.2. The van der Waals surface area contributed by atoms with Crippen LogP contribution in [0.4, 0.5) is 0 Å². The number of carbonyl (C=O) groups is 5. The van der Waals surface area contributed by atoms with E-state index in [0.717, 1.165) is 63.9 Å². The van der Waals surface area contributed by atoms with Crippen molar-refractivity contribution in [3.8, 4) is 0 Å². The summed E-state index contributed by atoms with van der Waals surface area (Å²) in [7, 11) is 1.36. The topological polar surface area (TPSA) is 141 Å². The number of methoxy groups -OCH3 is 1. The molecule has 0 N–H and O–H groups in total. The summed E-state index contributed by atoms with van der Waals surface area (Å²) in [5.74, 6) is 3.68. The second-order valence-corrected chi connectivity index (χ2v) is 26.2.